The third-order valence-electron chi connectivity index (χ3n) is 6.30. The van der Waals surface area contributed by atoms with Crippen molar-refractivity contribution in [1.82, 2.24) is 14.9 Å². The molecule has 37 heavy (non-hydrogen) atoms. The molecule has 2 aliphatic heterocycles. The number of benzene rings is 2. The molecular weight excluding hydrogens is 493 g/mol. The van der Waals surface area contributed by atoms with Gasteiger partial charge in [-0.2, -0.15) is 4.98 Å². The number of anilines is 5. The summed E-state index contributed by atoms with van der Waals surface area (Å²) in [4.78, 5) is 28.3. The molecule has 3 aromatic rings. The summed E-state index contributed by atoms with van der Waals surface area (Å²) < 4.78 is 26.4. The first kappa shape index (κ1) is 25.2. The maximum Gasteiger partial charge on any atom is 0.238 e. The Labute approximate surface area is 218 Å². The Balaban J connectivity index is 1.26. The highest BCUT2D eigenvalue weighted by Crippen LogP contribution is 2.34. The van der Waals surface area contributed by atoms with Gasteiger partial charge in [-0.25, -0.2) is 9.37 Å². The van der Waals surface area contributed by atoms with Crippen LogP contribution in [0.4, 0.5) is 33.2 Å². The lowest BCUT2D eigenvalue weighted by Gasteiger charge is -2.36. The van der Waals surface area contributed by atoms with Crippen LogP contribution in [0, 0.1) is 5.82 Å². The number of halogens is 1. The van der Waals surface area contributed by atoms with Gasteiger partial charge in [-0.15, -0.1) is 0 Å². The van der Waals surface area contributed by atoms with E-state index in [9.17, 15) is 13.7 Å². The Bertz CT molecular complexity index is 1270. The molecule has 0 bridgehead atoms. The van der Waals surface area contributed by atoms with Crippen LogP contribution < -0.4 is 20.4 Å². The number of nitrogens with one attached hydrogen (secondary N) is 2. The Morgan fingerprint density at radius 2 is 1.78 bits per heavy atom. The first-order valence-electron chi connectivity index (χ1n) is 12.2. The molecule has 0 spiro atoms. The van der Waals surface area contributed by atoms with E-state index in [4.69, 9.17) is 9.97 Å². The van der Waals surface area contributed by atoms with Gasteiger partial charge in [-0.05, 0) is 67.7 Å². The Hall–Kier alpha value is -3.41. The zero-order valence-corrected chi connectivity index (χ0v) is 21.7. The fourth-order valence-corrected chi connectivity index (χ4v) is 5.83. The summed E-state index contributed by atoms with van der Waals surface area (Å²) in [7, 11) is 3.72. The molecule has 1 amide bonds. The summed E-state index contributed by atoms with van der Waals surface area (Å²) in [6.45, 7) is 3.35. The third-order valence-corrected chi connectivity index (χ3v) is 7.76. The van der Waals surface area contributed by atoms with Gasteiger partial charge < -0.3 is 29.9 Å². The van der Waals surface area contributed by atoms with Crippen LogP contribution in [0.2, 0.25) is 0 Å². The van der Waals surface area contributed by atoms with Crippen LogP contribution in [-0.2, 0) is 22.4 Å². The van der Waals surface area contributed by atoms with E-state index in [1.54, 1.807) is 12.1 Å². The van der Waals surface area contributed by atoms with E-state index in [2.05, 4.69) is 20.4 Å². The van der Waals surface area contributed by atoms with E-state index >= 15 is 0 Å². The summed E-state index contributed by atoms with van der Waals surface area (Å²) in [5.41, 5.74) is 3.21. The average Bonchev–Trinajstić information content (AvgIpc) is 3.25. The maximum absolute atomic E-state index is 13.7. The van der Waals surface area contributed by atoms with Gasteiger partial charge in [0.2, 0.25) is 16.8 Å². The number of carbonyl (C=O) groups excluding carboxylic acids is 1. The number of piperazine rings is 1. The molecule has 194 valence electrons. The van der Waals surface area contributed by atoms with Crippen molar-refractivity contribution >= 4 is 45.9 Å². The van der Waals surface area contributed by atoms with Gasteiger partial charge >= 0.3 is 0 Å². The van der Waals surface area contributed by atoms with Crippen molar-refractivity contribution in [3.8, 4) is 0 Å². The summed E-state index contributed by atoms with van der Waals surface area (Å²) >= 11 is -1.18. The van der Waals surface area contributed by atoms with Gasteiger partial charge in [0, 0.05) is 49.7 Å². The van der Waals surface area contributed by atoms with Gasteiger partial charge in [0.15, 0.2) is 5.82 Å². The monoisotopic (exact) mass is 523 g/mol. The minimum atomic E-state index is -1.18. The predicted octanol–water partition coefficient (Wildman–Crippen LogP) is 2.85. The SMILES string of the molecule is CN(C)CC(=O)Nc1ccc(N2CCN(c3nc4c(c(Nc5cccc(F)c5)n3)[S+]([O-])CC4)CC2)cc1. The fraction of sp³-hybridized carbons (Fsp3) is 0.346. The standard InChI is InChI=1S/C26H30FN7O2S/c1-32(2)17-23(35)28-19-6-8-21(9-7-19)33-11-13-34(14-12-33)26-30-22-10-15-37(36)24(22)25(31-26)29-20-5-3-4-18(27)16-20/h3-9,16H,10-15,17H2,1-2H3,(H,28,35)(H,29,30,31). The van der Waals surface area contributed by atoms with Crippen molar-refractivity contribution in [2.24, 2.45) is 0 Å². The number of fused-ring (bicyclic) bond motifs is 1. The number of nitrogens with zero attached hydrogens (tertiary/aromatic N) is 5. The first-order valence-corrected chi connectivity index (χ1v) is 13.5. The topological polar surface area (TPSA) is 99.7 Å². The second-order valence-corrected chi connectivity index (χ2v) is 10.9. The van der Waals surface area contributed by atoms with Crippen LogP contribution in [0.3, 0.4) is 0 Å². The molecule has 0 radical (unpaired) electrons. The molecule has 1 atom stereocenters. The van der Waals surface area contributed by atoms with E-state index < -0.39 is 11.2 Å². The van der Waals surface area contributed by atoms with Crippen molar-refractivity contribution in [2.45, 2.75) is 11.3 Å². The molecule has 1 unspecified atom stereocenters. The van der Waals surface area contributed by atoms with E-state index in [1.807, 2.05) is 43.3 Å². The number of carbonyl (C=O) groups is 1. The molecule has 9 nitrogen and oxygen atoms in total. The van der Waals surface area contributed by atoms with Crippen LogP contribution in [0.5, 0.6) is 0 Å². The second kappa shape index (κ2) is 10.9. The molecule has 3 heterocycles. The lowest BCUT2D eigenvalue weighted by Crippen LogP contribution is -2.47. The molecular formula is C26H30FN7O2S. The molecule has 1 fully saturated rings. The normalized spacial score (nSPS) is 17.2. The van der Waals surface area contributed by atoms with Crippen molar-refractivity contribution in [2.75, 3.05) is 73.0 Å². The summed E-state index contributed by atoms with van der Waals surface area (Å²) in [5.74, 6) is 1.20. The zero-order chi connectivity index (χ0) is 25.9. The summed E-state index contributed by atoms with van der Waals surface area (Å²) in [6.07, 6.45) is 0.632. The molecule has 2 aromatic carbocycles. The van der Waals surface area contributed by atoms with E-state index in [0.29, 0.717) is 41.1 Å². The third kappa shape index (κ3) is 5.95. The van der Waals surface area contributed by atoms with Crippen LogP contribution >= 0.6 is 0 Å². The van der Waals surface area contributed by atoms with Crippen molar-refractivity contribution in [1.29, 1.82) is 0 Å². The minimum absolute atomic E-state index is 0.0456. The van der Waals surface area contributed by atoms with Crippen molar-refractivity contribution < 1.29 is 13.7 Å². The molecule has 11 heteroatoms. The lowest BCUT2D eigenvalue weighted by atomic mass is 10.2. The molecule has 1 aromatic heterocycles. The van der Waals surface area contributed by atoms with E-state index in [1.165, 1.54) is 12.1 Å². The quantitative estimate of drug-likeness (QED) is 0.456. The molecule has 5 rings (SSSR count). The Morgan fingerprint density at radius 3 is 2.49 bits per heavy atom. The summed E-state index contributed by atoms with van der Waals surface area (Å²) in [6, 6.07) is 14.0. The molecule has 2 N–H and O–H groups in total. The maximum atomic E-state index is 13.7. The smallest absolute Gasteiger partial charge is 0.238 e. The second-order valence-electron chi connectivity index (χ2n) is 9.39. The average molecular weight is 524 g/mol. The van der Waals surface area contributed by atoms with Gasteiger partial charge in [0.1, 0.15) is 17.3 Å². The number of likely N-dealkylation sites (N-methyl/N-ethyl adjacent to an activating group) is 1. The van der Waals surface area contributed by atoms with Gasteiger partial charge in [-0.1, -0.05) is 6.07 Å². The van der Waals surface area contributed by atoms with E-state index in [0.717, 1.165) is 43.2 Å². The highest BCUT2D eigenvalue weighted by Gasteiger charge is 2.33. The molecule has 2 aliphatic rings. The highest BCUT2D eigenvalue weighted by molar-refractivity contribution is 7.91. The van der Waals surface area contributed by atoms with Crippen molar-refractivity contribution in [3.05, 3.63) is 60.0 Å². The Kier molecular flexibility index (Phi) is 7.45. The van der Waals surface area contributed by atoms with Crippen LogP contribution in [0.1, 0.15) is 5.69 Å². The van der Waals surface area contributed by atoms with E-state index in [-0.39, 0.29) is 11.7 Å². The number of hydrogen-bond acceptors (Lipinski definition) is 8. The largest absolute Gasteiger partial charge is 0.611 e. The van der Waals surface area contributed by atoms with Crippen LogP contribution in [-0.4, -0.2) is 77.9 Å². The first-order chi connectivity index (χ1) is 17.9. The minimum Gasteiger partial charge on any atom is -0.611 e. The van der Waals surface area contributed by atoms with Gasteiger partial charge in [0.05, 0.1) is 6.54 Å². The predicted molar refractivity (Wildman–Crippen MR) is 145 cm³/mol. The molecule has 0 aliphatic carbocycles. The number of amides is 1. The molecule has 0 saturated carbocycles. The number of hydrogen-bond donors (Lipinski definition) is 2. The van der Waals surface area contributed by atoms with Crippen LogP contribution in [0.15, 0.2) is 53.4 Å². The number of aromatic nitrogens is 2. The van der Waals surface area contributed by atoms with Crippen molar-refractivity contribution in [3.63, 3.8) is 0 Å². The zero-order valence-electron chi connectivity index (χ0n) is 20.9. The van der Waals surface area contributed by atoms with Gasteiger partial charge in [0.25, 0.3) is 0 Å². The number of rotatable bonds is 7. The van der Waals surface area contributed by atoms with Gasteiger partial charge in [-0.3, -0.25) is 4.79 Å². The Morgan fingerprint density at radius 1 is 1.05 bits per heavy atom. The fourth-order valence-electron chi connectivity index (χ4n) is 4.52. The summed E-state index contributed by atoms with van der Waals surface area (Å²) in [5, 5.41) is 6.07. The van der Waals surface area contributed by atoms with Crippen LogP contribution in [0.25, 0.3) is 0 Å². The lowest BCUT2D eigenvalue weighted by molar-refractivity contribution is -0.116. The number of aryl methyl sites for hydroxylation is 1. The highest BCUT2D eigenvalue weighted by atomic mass is 32.2. The molecule has 1 saturated heterocycles.